The molecule has 0 bridgehead atoms. The number of carboxylic acid groups (broad SMARTS) is 1. The van der Waals surface area contributed by atoms with Gasteiger partial charge in [-0.2, -0.15) is 0 Å². The number of aliphatic hydroxyl groups is 6. The van der Waals surface area contributed by atoms with Crippen LogP contribution in [-0.2, 0) is 20.7 Å². The molecule has 10 atom stereocenters. The summed E-state index contributed by atoms with van der Waals surface area (Å²) in [7, 11) is 0. The van der Waals surface area contributed by atoms with E-state index in [0.29, 0.717) is 30.7 Å². The Balaban J connectivity index is 1.53. The summed E-state index contributed by atoms with van der Waals surface area (Å²) >= 11 is 8.18. The van der Waals surface area contributed by atoms with E-state index in [9.17, 15) is 35.4 Å². The highest BCUT2D eigenvalue weighted by molar-refractivity contribution is 7.19. The molecule has 7 N–H and O–H groups in total. The van der Waals surface area contributed by atoms with E-state index in [1.54, 1.807) is 37.3 Å². The Hall–Kier alpha value is -2.08. The van der Waals surface area contributed by atoms with Crippen molar-refractivity contribution in [3.63, 3.8) is 0 Å². The van der Waals surface area contributed by atoms with Crippen LogP contribution in [0, 0.1) is 29.1 Å². The molecule has 1 aromatic heterocycles. The number of fused-ring (bicyclic) bond motifs is 1. The highest BCUT2D eigenvalue weighted by Gasteiger charge is 2.56. The lowest BCUT2D eigenvalue weighted by atomic mass is 9.84. The minimum absolute atomic E-state index is 0.0126. The summed E-state index contributed by atoms with van der Waals surface area (Å²) in [6.45, 7) is 2.99. The number of halogens is 1. The van der Waals surface area contributed by atoms with Crippen LogP contribution in [0.25, 0.3) is 10.1 Å². The molecule has 2 fully saturated rings. The highest BCUT2D eigenvalue weighted by Crippen LogP contribution is 2.50. The second-order valence-electron chi connectivity index (χ2n) is 12.4. The molecular formula is C33H43ClO10S. The molecule has 45 heavy (non-hydrogen) atoms. The van der Waals surface area contributed by atoms with Crippen molar-refractivity contribution in [1.82, 2.24) is 0 Å². The average molecular weight is 667 g/mol. The third-order valence-corrected chi connectivity index (χ3v) is 10.6. The standard InChI is InChI=1S/C33H43ClO10S/c1-33(2)30(42)19(9-5-3-4-6-12-25(37)38)20(31(33)44-32-29(41)28(40)27(39)22(17-35)43-32)15-13-18(36)14-16-24-26(34)21-10-7-8-11-23(21)45-24/h7-8,10-11,13,15,18-20,22,27-32,35-36,39-42H,4,6,9,12,14,16-17H2,1-2H3,(H,37,38)/b15-13+/t18?,19-,20-,22-,27-,28+,29-,30?,31+,32?/m1/s1. The van der Waals surface area contributed by atoms with Gasteiger partial charge < -0.3 is 45.2 Å². The van der Waals surface area contributed by atoms with Crippen molar-refractivity contribution in [2.45, 2.75) is 101 Å². The summed E-state index contributed by atoms with van der Waals surface area (Å²) in [5.41, 5.74) is -0.904. The number of aliphatic hydroxyl groups excluding tert-OH is 6. The molecular weight excluding hydrogens is 624 g/mol. The highest BCUT2D eigenvalue weighted by atomic mass is 35.5. The smallest absolute Gasteiger partial charge is 0.303 e. The Labute approximate surface area is 271 Å². The van der Waals surface area contributed by atoms with Gasteiger partial charge in [-0.15, -0.1) is 23.2 Å². The molecule has 1 aliphatic carbocycles. The van der Waals surface area contributed by atoms with E-state index in [2.05, 4.69) is 11.8 Å². The van der Waals surface area contributed by atoms with E-state index in [1.807, 2.05) is 24.3 Å². The molecule has 10 nitrogen and oxygen atoms in total. The van der Waals surface area contributed by atoms with E-state index in [0.717, 1.165) is 15.0 Å². The molecule has 2 heterocycles. The number of unbranched alkanes of at least 4 members (excludes halogenated alkanes) is 1. The molecule has 0 spiro atoms. The number of hydrogen-bond acceptors (Lipinski definition) is 10. The summed E-state index contributed by atoms with van der Waals surface area (Å²) < 4.78 is 12.9. The van der Waals surface area contributed by atoms with Crippen molar-refractivity contribution in [2.75, 3.05) is 6.61 Å². The molecule has 1 aliphatic heterocycles. The van der Waals surface area contributed by atoms with Crippen LogP contribution in [0.3, 0.4) is 0 Å². The van der Waals surface area contributed by atoms with Crippen LogP contribution in [0.5, 0.6) is 0 Å². The normalized spacial score (nSPS) is 32.1. The van der Waals surface area contributed by atoms with Crippen LogP contribution in [0.15, 0.2) is 36.4 Å². The third-order valence-electron chi connectivity index (χ3n) is 8.85. The Kier molecular flexibility index (Phi) is 12.5. The van der Waals surface area contributed by atoms with Gasteiger partial charge in [0.2, 0.25) is 0 Å². The first-order valence-corrected chi connectivity index (χ1v) is 16.4. The second kappa shape index (κ2) is 15.7. The number of rotatable bonds is 12. The number of benzene rings is 1. The molecule has 4 rings (SSSR count). The zero-order valence-electron chi connectivity index (χ0n) is 25.3. The van der Waals surface area contributed by atoms with Crippen molar-refractivity contribution in [1.29, 1.82) is 0 Å². The van der Waals surface area contributed by atoms with Gasteiger partial charge in [-0.1, -0.05) is 55.8 Å². The van der Waals surface area contributed by atoms with Crippen LogP contribution in [0.4, 0.5) is 0 Å². The molecule has 12 heteroatoms. The van der Waals surface area contributed by atoms with Gasteiger partial charge in [-0.05, 0) is 25.3 Å². The van der Waals surface area contributed by atoms with Crippen LogP contribution in [0.2, 0.25) is 5.02 Å². The van der Waals surface area contributed by atoms with E-state index < -0.39 is 78.8 Å². The zero-order valence-corrected chi connectivity index (χ0v) is 26.9. The van der Waals surface area contributed by atoms with E-state index in [1.165, 1.54) is 0 Å². The second-order valence-corrected chi connectivity index (χ2v) is 13.9. The largest absolute Gasteiger partial charge is 0.481 e. The fraction of sp³-hybridized carbons (Fsp3) is 0.606. The number of carbonyl (C=O) groups is 1. The van der Waals surface area contributed by atoms with Crippen molar-refractivity contribution in [3.05, 3.63) is 46.3 Å². The van der Waals surface area contributed by atoms with Gasteiger partial charge in [0.25, 0.3) is 0 Å². The first kappa shape index (κ1) is 35.8. The van der Waals surface area contributed by atoms with Gasteiger partial charge >= 0.3 is 5.97 Å². The van der Waals surface area contributed by atoms with Crippen LogP contribution < -0.4 is 0 Å². The Morgan fingerprint density at radius 3 is 2.58 bits per heavy atom. The fourth-order valence-electron chi connectivity index (χ4n) is 6.20. The van der Waals surface area contributed by atoms with Gasteiger partial charge in [-0.25, -0.2) is 0 Å². The SMILES string of the molecule is CC1(C)C(O)[C@H](CC#CCCCC(=O)O)[C@@H](/C=C/C(O)CCc2sc3ccccc3c2Cl)[C@@H]1OC1O[C@H](CO)[C@@H](O)[C@H](O)[C@H]1O. The predicted molar refractivity (Wildman–Crippen MR) is 170 cm³/mol. The maximum absolute atomic E-state index is 11.5. The van der Waals surface area contributed by atoms with Gasteiger partial charge in [0.05, 0.1) is 29.9 Å². The molecule has 1 saturated carbocycles. The fourth-order valence-corrected chi connectivity index (χ4v) is 7.74. The van der Waals surface area contributed by atoms with Crippen molar-refractivity contribution in [3.8, 4) is 11.8 Å². The molecule has 3 unspecified atom stereocenters. The van der Waals surface area contributed by atoms with E-state index >= 15 is 0 Å². The monoisotopic (exact) mass is 666 g/mol. The van der Waals surface area contributed by atoms with Crippen molar-refractivity contribution >= 4 is 39.0 Å². The number of aryl methyl sites for hydroxylation is 1. The number of hydrogen-bond donors (Lipinski definition) is 7. The molecule has 1 aromatic carbocycles. The number of carboxylic acids is 1. The Bertz CT molecular complexity index is 1380. The maximum atomic E-state index is 11.5. The lowest BCUT2D eigenvalue weighted by Crippen LogP contribution is -2.60. The summed E-state index contributed by atoms with van der Waals surface area (Å²) in [4.78, 5) is 11.8. The Morgan fingerprint density at radius 2 is 1.89 bits per heavy atom. The molecule has 2 aliphatic rings. The lowest BCUT2D eigenvalue weighted by molar-refractivity contribution is -0.320. The first-order chi connectivity index (χ1) is 21.4. The lowest BCUT2D eigenvalue weighted by Gasteiger charge is -2.43. The minimum atomic E-state index is -1.63. The van der Waals surface area contributed by atoms with E-state index in [4.69, 9.17) is 26.2 Å². The van der Waals surface area contributed by atoms with Crippen LogP contribution in [-0.4, -0.2) is 97.3 Å². The minimum Gasteiger partial charge on any atom is -0.481 e. The topological polar surface area (TPSA) is 177 Å². The van der Waals surface area contributed by atoms with Gasteiger partial charge in [0.1, 0.15) is 24.4 Å². The maximum Gasteiger partial charge on any atom is 0.303 e. The van der Waals surface area contributed by atoms with Gasteiger partial charge in [-0.3, -0.25) is 4.79 Å². The summed E-state index contributed by atoms with van der Waals surface area (Å²) in [5, 5.41) is 73.8. The average Bonchev–Trinajstić information content (AvgIpc) is 3.42. The predicted octanol–water partition coefficient (Wildman–Crippen LogP) is 2.87. The van der Waals surface area contributed by atoms with E-state index in [-0.39, 0.29) is 12.8 Å². The number of thiophene rings is 1. The summed E-state index contributed by atoms with van der Waals surface area (Å²) in [6, 6.07) is 7.85. The van der Waals surface area contributed by atoms with Crippen molar-refractivity contribution < 1.29 is 50.0 Å². The summed E-state index contributed by atoms with van der Waals surface area (Å²) in [5.74, 6) is 4.18. The van der Waals surface area contributed by atoms with Crippen molar-refractivity contribution in [2.24, 2.45) is 17.3 Å². The Morgan fingerprint density at radius 1 is 1.16 bits per heavy atom. The number of aliphatic carboxylic acids is 1. The quantitative estimate of drug-likeness (QED) is 0.101. The van der Waals surface area contributed by atoms with Crippen LogP contribution >= 0.6 is 22.9 Å². The molecule has 2 aromatic rings. The molecule has 0 amide bonds. The molecule has 248 valence electrons. The number of ether oxygens (including phenoxy) is 2. The first-order valence-electron chi connectivity index (χ1n) is 15.2. The molecule has 1 saturated heterocycles. The zero-order chi connectivity index (χ0) is 32.9. The summed E-state index contributed by atoms with van der Waals surface area (Å²) in [6.07, 6.45) is -4.47. The third kappa shape index (κ3) is 8.26. The van der Waals surface area contributed by atoms with Gasteiger partial charge in [0.15, 0.2) is 6.29 Å². The van der Waals surface area contributed by atoms with Crippen LogP contribution in [0.1, 0.15) is 50.8 Å². The van der Waals surface area contributed by atoms with Gasteiger partial charge in [0, 0.05) is 51.5 Å². The molecule has 0 radical (unpaired) electrons.